The second kappa shape index (κ2) is 8.97. The molecule has 0 aliphatic heterocycles. The van der Waals surface area contributed by atoms with Crippen molar-refractivity contribution >= 4 is 0 Å². The predicted octanol–water partition coefficient (Wildman–Crippen LogP) is 1.04. The first-order valence-corrected chi connectivity index (χ1v) is 4.52. The van der Waals surface area contributed by atoms with E-state index in [-0.39, 0.29) is 0 Å². The van der Waals surface area contributed by atoms with Gasteiger partial charge in [-0.3, -0.25) is 0 Å². The Bertz CT molecular complexity index is 88.6. The Balaban J connectivity index is 2.97. The maximum atomic E-state index is 4.99. The zero-order chi connectivity index (χ0) is 9.23. The quantitative estimate of drug-likeness (QED) is 0.559. The zero-order valence-electron chi connectivity index (χ0n) is 8.43. The van der Waals surface area contributed by atoms with Crippen LogP contribution in [0.25, 0.3) is 0 Å². The van der Waals surface area contributed by atoms with Crippen molar-refractivity contribution in [3.8, 4) is 0 Å². The number of unbranched alkanes of at least 4 members (excludes halogenated alkanes) is 1. The van der Waals surface area contributed by atoms with Gasteiger partial charge in [0.1, 0.15) is 0 Å². The third-order valence-corrected chi connectivity index (χ3v) is 1.68. The van der Waals surface area contributed by atoms with Crippen LogP contribution in [0.2, 0.25) is 0 Å². The van der Waals surface area contributed by atoms with E-state index in [9.17, 15) is 0 Å². The number of rotatable bonds is 8. The first-order chi connectivity index (χ1) is 5.81. The summed E-state index contributed by atoms with van der Waals surface area (Å²) in [4.78, 5) is 0. The van der Waals surface area contributed by atoms with Gasteiger partial charge in [-0.25, -0.2) is 0 Å². The van der Waals surface area contributed by atoms with Gasteiger partial charge in [0, 0.05) is 26.9 Å². The first-order valence-electron chi connectivity index (χ1n) is 4.52. The van der Waals surface area contributed by atoms with E-state index in [0.29, 0.717) is 6.04 Å². The van der Waals surface area contributed by atoms with Crippen LogP contribution in [-0.4, -0.2) is 40.0 Å². The smallest absolute Gasteiger partial charge is 0.0613 e. The topological polar surface area (TPSA) is 30.5 Å². The van der Waals surface area contributed by atoms with Crippen molar-refractivity contribution in [1.82, 2.24) is 5.32 Å². The third-order valence-electron chi connectivity index (χ3n) is 1.68. The molecule has 0 aromatic carbocycles. The average Bonchev–Trinajstić information content (AvgIpc) is 2.05. The first kappa shape index (κ1) is 11.9. The van der Waals surface area contributed by atoms with Gasteiger partial charge >= 0.3 is 0 Å². The second-order valence-corrected chi connectivity index (χ2v) is 3.01. The summed E-state index contributed by atoms with van der Waals surface area (Å²) < 4.78 is 9.94. The maximum absolute atomic E-state index is 4.99. The summed E-state index contributed by atoms with van der Waals surface area (Å²) >= 11 is 0. The number of methoxy groups -OCH3 is 2. The van der Waals surface area contributed by atoms with Crippen LogP contribution in [0.15, 0.2) is 0 Å². The molecule has 0 saturated carbocycles. The minimum Gasteiger partial charge on any atom is -0.385 e. The van der Waals surface area contributed by atoms with E-state index in [2.05, 4.69) is 12.2 Å². The Labute approximate surface area is 75.4 Å². The summed E-state index contributed by atoms with van der Waals surface area (Å²) in [5.41, 5.74) is 0. The van der Waals surface area contributed by atoms with Crippen molar-refractivity contribution in [1.29, 1.82) is 0 Å². The van der Waals surface area contributed by atoms with E-state index in [4.69, 9.17) is 9.47 Å². The highest BCUT2D eigenvalue weighted by Gasteiger charge is 1.97. The van der Waals surface area contributed by atoms with Crippen molar-refractivity contribution in [3.63, 3.8) is 0 Å². The lowest BCUT2D eigenvalue weighted by Gasteiger charge is -2.11. The summed E-state index contributed by atoms with van der Waals surface area (Å²) in [5.74, 6) is 0. The lowest BCUT2D eigenvalue weighted by atomic mass is 10.3. The van der Waals surface area contributed by atoms with Crippen molar-refractivity contribution in [3.05, 3.63) is 0 Å². The van der Waals surface area contributed by atoms with E-state index in [1.807, 2.05) is 0 Å². The third kappa shape index (κ3) is 7.98. The number of hydrogen-bond donors (Lipinski definition) is 1. The van der Waals surface area contributed by atoms with Gasteiger partial charge in [-0.05, 0) is 26.3 Å². The van der Waals surface area contributed by atoms with Crippen LogP contribution in [-0.2, 0) is 9.47 Å². The SMILES string of the molecule is COCCCCN[C@H](C)COC. The second-order valence-electron chi connectivity index (χ2n) is 3.01. The molecule has 0 aliphatic carbocycles. The van der Waals surface area contributed by atoms with Crippen LogP contribution in [0.3, 0.4) is 0 Å². The highest BCUT2D eigenvalue weighted by atomic mass is 16.5. The Morgan fingerprint density at radius 1 is 1.17 bits per heavy atom. The molecule has 0 radical (unpaired) electrons. The van der Waals surface area contributed by atoms with Gasteiger partial charge in [-0.1, -0.05) is 0 Å². The molecule has 0 spiro atoms. The molecule has 0 bridgehead atoms. The lowest BCUT2D eigenvalue weighted by molar-refractivity contribution is 0.169. The molecule has 1 atom stereocenters. The van der Waals surface area contributed by atoms with Gasteiger partial charge in [0.05, 0.1) is 6.61 Å². The average molecular weight is 175 g/mol. The van der Waals surface area contributed by atoms with Gasteiger partial charge in [-0.15, -0.1) is 0 Å². The van der Waals surface area contributed by atoms with Crippen LogP contribution in [0.1, 0.15) is 19.8 Å². The highest BCUT2D eigenvalue weighted by molar-refractivity contribution is 4.58. The fourth-order valence-electron chi connectivity index (χ4n) is 1.03. The van der Waals surface area contributed by atoms with E-state index < -0.39 is 0 Å². The number of ether oxygens (including phenoxy) is 2. The molecular formula is C9H21NO2. The fraction of sp³-hybridized carbons (Fsp3) is 1.00. The van der Waals surface area contributed by atoms with Crippen LogP contribution in [0.4, 0.5) is 0 Å². The Morgan fingerprint density at radius 2 is 1.92 bits per heavy atom. The van der Waals surface area contributed by atoms with Crippen molar-refractivity contribution in [2.75, 3.05) is 34.0 Å². The molecule has 0 unspecified atom stereocenters. The molecule has 0 aliphatic rings. The standard InChI is InChI=1S/C9H21NO2/c1-9(8-12-3)10-6-4-5-7-11-2/h9-10H,4-8H2,1-3H3/t9-/m1/s1. The van der Waals surface area contributed by atoms with Crippen molar-refractivity contribution in [2.45, 2.75) is 25.8 Å². The van der Waals surface area contributed by atoms with Gasteiger partial charge in [0.2, 0.25) is 0 Å². The van der Waals surface area contributed by atoms with Crippen LogP contribution >= 0.6 is 0 Å². The van der Waals surface area contributed by atoms with E-state index in [0.717, 1.165) is 26.2 Å². The summed E-state index contributed by atoms with van der Waals surface area (Å²) in [5, 5.41) is 3.36. The fourth-order valence-corrected chi connectivity index (χ4v) is 1.03. The Hall–Kier alpha value is -0.120. The molecule has 1 N–H and O–H groups in total. The number of nitrogens with one attached hydrogen (secondary N) is 1. The van der Waals surface area contributed by atoms with Gasteiger partial charge in [-0.2, -0.15) is 0 Å². The Morgan fingerprint density at radius 3 is 2.50 bits per heavy atom. The molecule has 0 aromatic heterocycles. The molecule has 0 heterocycles. The molecule has 74 valence electrons. The summed E-state index contributed by atoms with van der Waals surface area (Å²) in [7, 11) is 3.46. The van der Waals surface area contributed by atoms with Crippen molar-refractivity contribution in [2.24, 2.45) is 0 Å². The summed E-state index contributed by atoms with van der Waals surface area (Å²) in [6.45, 7) is 4.82. The zero-order valence-corrected chi connectivity index (χ0v) is 8.43. The van der Waals surface area contributed by atoms with Gasteiger partial charge in [0.15, 0.2) is 0 Å². The molecule has 0 rings (SSSR count). The monoisotopic (exact) mass is 175 g/mol. The largest absolute Gasteiger partial charge is 0.385 e. The lowest BCUT2D eigenvalue weighted by Crippen LogP contribution is -2.30. The summed E-state index contributed by atoms with van der Waals surface area (Å²) in [6.07, 6.45) is 2.30. The van der Waals surface area contributed by atoms with Crippen LogP contribution in [0, 0.1) is 0 Å². The minimum absolute atomic E-state index is 0.456. The minimum atomic E-state index is 0.456. The van der Waals surface area contributed by atoms with Crippen LogP contribution < -0.4 is 5.32 Å². The van der Waals surface area contributed by atoms with E-state index >= 15 is 0 Å². The molecule has 3 heteroatoms. The van der Waals surface area contributed by atoms with E-state index in [1.165, 1.54) is 6.42 Å². The molecular weight excluding hydrogens is 154 g/mol. The van der Waals surface area contributed by atoms with Gasteiger partial charge < -0.3 is 14.8 Å². The van der Waals surface area contributed by atoms with E-state index in [1.54, 1.807) is 14.2 Å². The molecule has 0 amide bonds. The Kier molecular flexibility index (Phi) is 8.88. The van der Waals surface area contributed by atoms with Crippen molar-refractivity contribution < 1.29 is 9.47 Å². The predicted molar refractivity (Wildman–Crippen MR) is 50.5 cm³/mol. The normalized spacial score (nSPS) is 13.2. The molecule has 3 nitrogen and oxygen atoms in total. The maximum Gasteiger partial charge on any atom is 0.0613 e. The highest BCUT2D eigenvalue weighted by Crippen LogP contribution is 1.89. The molecule has 0 aromatic rings. The molecule has 0 saturated heterocycles. The number of hydrogen-bond acceptors (Lipinski definition) is 3. The van der Waals surface area contributed by atoms with Gasteiger partial charge in [0.25, 0.3) is 0 Å². The molecule has 0 fully saturated rings. The summed E-state index contributed by atoms with van der Waals surface area (Å²) in [6, 6.07) is 0.456. The van der Waals surface area contributed by atoms with Crippen LogP contribution in [0.5, 0.6) is 0 Å². The molecule has 12 heavy (non-hydrogen) atoms.